The van der Waals surface area contributed by atoms with E-state index in [-0.39, 0.29) is 23.0 Å². The smallest absolute Gasteiger partial charge is 0.488 e. The van der Waals surface area contributed by atoms with Crippen LogP contribution in [-0.4, -0.2) is 29.1 Å². The first-order chi connectivity index (χ1) is 13.6. The van der Waals surface area contributed by atoms with Gasteiger partial charge in [-0.15, -0.1) is 5.10 Å². The van der Waals surface area contributed by atoms with Crippen molar-refractivity contribution in [1.82, 2.24) is 14.8 Å². The van der Waals surface area contributed by atoms with Gasteiger partial charge in [0.05, 0.1) is 11.3 Å². The summed E-state index contributed by atoms with van der Waals surface area (Å²) in [5.74, 6) is -3.27. The van der Waals surface area contributed by atoms with Gasteiger partial charge in [-0.1, -0.05) is 3.89 Å². The SMILES string of the molecule is NC(=O)c1ncn(-c2cc(F)c(COc3ccc(OS(=O)(=O)F)cc3)c(F)c2)n1. The highest BCUT2D eigenvalue weighted by atomic mass is 32.3. The van der Waals surface area contributed by atoms with E-state index in [2.05, 4.69) is 14.3 Å². The summed E-state index contributed by atoms with van der Waals surface area (Å²) >= 11 is 0. The van der Waals surface area contributed by atoms with Crippen molar-refractivity contribution in [3.05, 3.63) is 65.7 Å². The molecule has 152 valence electrons. The molecule has 0 spiro atoms. The fourth-order valence-electron chi connectivity index (χ4n) is 2.22. The minimum Gasteiger partial charge on any atom is -0.489 e. The van der Waals surface area contributed by atoms with Crippen LogP contribution in [0.3, 0.4) is 0 Å². The molecule has 0 radical (unpaired) electrons. The zero-order chi connectivity index (χ0) is 21.2. The zero-order valence-corrected chi connectivity index (χ0v) is 15.1. The molecule has 0 aliphatic heterocycles. The number of primary amides is 1. The summed E-state index contributed by atoms with van der Waals surface area (Å²) in [6.45, 7) is -0.497. The molecule has 0 bridgehead atoms. The molecular weight excluding hydrogens is 417 g/mol. The molecule has 3 aromatic rings. The predicted octanol–water partition coefficient (Wildman–Crippen LogP) is 1.82. The largest absolute Gasteiger partial charge is 0.489 e. The normalized spacial score (nSPS) is 11.3. The average Bonchev–Trinajstić information content (AvgIpc) is 3.11. The number of ether oxygens (including phenoxy) is 1. The van der Waals surface area contributed by atoms with Crippen molar-refractivity contribution in [2.24, 2.45) is 5.73 Å². The summed E-state index contributed by atoms with van der Waals surface area (Å²) in [6.07, 6.45) is 1.08. The second kappa shape index (κ2) is 7.79. The number of hydrogen-bond donors (Lipinski definition) is 1. The molecule has 0 atom stereocenters. The van der Waals surface area contributed by atoms with Crippen LogP contribution in [0.2, 0.25) is 0 Å². The van der Waals surface area contributed by atoms with Crippen molar-refractivity contribution >= 4 is 16.4 Å². The number of carbonyl (C=O) groups excluding carboxylic acids is 1. The number of benzene rings is 2. The van der Waals surface area contributed by atoms with Crippen molar-refractivity contribution in [1.29, 1.82) is 0 Å². The van der Waals surface area contributed by atoms with Gasteiger partial charge in [0, 0.05) is 12.1 Å². The van der Waals surface area contributed by atoms with Crippen LogP contribution < -0.4 is 14.7 Å². The van der Waals surface area contributed by atoms with Gasteiger partial charge in [-0.25, -0.2) is 18.4 Å². The molecule has 2 aromatic carbocycles. The van der Waals surface area contributed by atoms with E-state index in [4.69, 9.17) is 10.5 Å². The van der Waals surface area contributed by atoms with Crippen LogP contribution in [0.15, 0.2) is 42.7 Å². The Kier molecular flexibility index (Phi) is 5.41. The highest BCUT2D eigenvalue weighted by Gasteiger charge is 2.15. The van der Waals surface area contributed by atoms with Crippen LogP contribution in [0, 0.1) is 11.6 Å². The van der Waals surface area contributed by atoms with Crippen molar-refractivity contribution in [2.75, 3.05) is 0 Å². The van der Waals surface area contributed by atoms with Crippen LogP contribution in [0.4, 0.5) is 12.7 Å². The molecule has 1 aromatic heterocycles. The van der Waals surface area contributed by atoms with E-state index in [1.54, 1.807) is 0 Å². The molecule has 29 heavy (non-hydrogen) atoms. The Morgan fingerprint density at radius 3 is 2.21 bits per heavy atom. The molecule has 0 saturated carbocycles. The second-order valence-electron chi connectivity index (χ2n) is 5.50. The lowest BCUT2D eigenvalue weighted by atomic mass is 10.2. The topological polar surface area (TPSA) is 126 Å². The second-order valence-corrected chi connectivity index (χ2v) is 6.45. The number of nitrogens with two attached hydrogens (primary N) is 1. The van der Waals surface area contributed by atoms with Gasteiger partial charge in [-0.05, 0) is 24.3 Å². The maximum Gasteiger partial charge on any atom is 0.488 e. The van der Waals surface area contributed by atoms with Crippen molar-refractivity contribution in [3.63, 3.8) is 0 Å². The Morgan fingerprint density at radius 2 is 1.69 bits per heavy atom. The third kappa shape index (κ3) is 5.01. The number of hydrogen-bond acceptors (Lipinski definition) is 7. The van der Waals surface area contributed by atoms with Gasteiger partial charge < -0.3 is 14.7 Å². The van der Waals surface area contributed by atoms with Crippen LogP contribution in [0.5, 0.6) is 11.5 Å². The third-order valence-electron chi connectivity index (χ3n) is 3.51. The summed E-state index contributed by atoms with van der Waals surface area (Å²) in [4.78, 5) is 14.6. The number of rotatable bonds is 7. The summed E-state index contributed by atoms with van der Waals surface area (Å²) in [5.41, 5.74) is 4.60. The number of halogens is 3. The van der Waals surface area contributed by atoms with Gasteiger partial charge in [0.25, 0.3) is 5.91 Å². The molecule has 13 heteroatoms. The summed E-state index contributed by atoms with van der Waals surface area (Å²) in [5, 5.41) is 3.70. The number of aromatic nitrogens is 3. The molecule has 9 nitrogen and oxygen atoms in total. The van der Waals surface area contributed by atoms with Gasteiger partial charge in [0.1, 0.15) is 36.1 Å². The van der Waals surface area contributed by atoms with E-state index in [0.29, 0.717) is 0 Å². The van der Waals surface area contributed by atoms with Gasteiger partial charge in [-0.2, -0.15) is 8.42 Å². The highest BCUT2D eigenvalue weighted by Crippen LogP contribution is 2.23. The molecule has 0 fully saturated rings. The third-order valence-corrected chi connectivity index (χ3v) is 3.90. The van der Waals surface area contributed by atoms with Crippen LogP contribution in [0.25, 0.3) is 5.69 Å². The quantitative estimate of drug-likeness (QED) is 0.569. The Labute approximate surface area is 161 Å². The summed E-state index contributed by atoms with van der Waals surface area (Å²) in [7, 11) is -5.16. The van der Waals surface area contributed by atoms with Gasteiger partial charge in [0.2, 0.25) is 5.82 Å². The Balaban J connectivity index is 1.73. The molecule has 2 N–H and O–H groups in total. The maximum absolute atomic E-state index is 14.3. The van der Waals surface area contributed by atoms with Crippen molar-refractivity contribution < 1.29 is 34.8 Å². The van der Waals surface area contributed by atoms with Crippen LogP contribution in [0.1, 0.15) is 16.2 Å². The fraction of sp³-hybridized carbons (Fsp3) is 0.0625. The highest BCUT2D eigenvalue weighted by molar-refractivity contribution is 7.81. The molecular formula is C16H11F3N4O5S. The minimum absolute atomic E-state index is 0.0299. The average molecular weight is 428 g/mol. The van der Waals surface area contributed by atoms with E-state index in [0.717, 1.165) is 35.3 Å². The summed E-state index contributed by atoms with van der Waals surface area (Å²) < 4.78 is 72.1. The van der Waals surface area contributed by atoms with Gasteiger partial charge >= 0.3 is 10.5 Å². The van der Waals surface area contributed by atoms with E-state index >= 15 is 0 Å². The van der Waals surface area contributed by atoms with E-state index < -0.39 is 40.2 Å². The van der Waals surface area contributed by atoms with E-state index in [1.807, 2.05) is 0 Å². The van der Waals surface area contributed by atoms with Gasteiger partial charge in [-0.3, -0.25) is 4.79 Å². The molecule has 1 amide bonds. The Morgan fingerprint density at radius 1 is 1.10 bits per heavy atom. The lowest BCUT2D eigenvalue weighted by Crippen LogP contribution is -2.13. The summed E-state index contributed by atoms with van der Waals surface area (Å²) in [6, 6.07) is 6.58. The van der Waals surface area contributed by atoms with Crippen LogP contribution >= 0.6 is 0 Å². The lowest BCUT2D eigenvalue weighted by Gasteiger charge is -2.10. The zero-order valence-electron chi connectivity index (χ0n) is 14.3. The molecule has 0 aliphatic carbocycles. The standard InChI is InChI=1S/C16H11F3N4O5S/c17-13-5-9(23-8-21-16(22-23)15(20)24)6-14(18)12(13)7-27-10-1-3-11(4-2-10)28-29(19,25)26/h1-6,8H,7H2,(H2,20,24). The lowest BCUT2D eigenvalue weighted by molar-refractivity contribution is 0.0990. The van der Waals surface area contributed by atoms with Crippen LogP contribution in [-0.2, 0) is 17.1 Å². The number of nitrogens with zero attached hydrogens (tertiary/aromatic N) is 3. The first-order valence-electron chi connectivity index (χ1n) is 7.69. The Hall–Kier alpha value is -3.61. The van der Waals surface area contributed by atoms with E-state index in [1.165, 1.54) is 12.1 Å². The first-order valence-corrected chi connectivity index (χ1v) is 9.00. The molecule has 0 aliphatic rings. The van der Waals surface area contributed by atoms with Crippen molar-refractivity contribution in [3.8, 4) is 17.2 Å². The molecule has 0 saturated heterocycles. The molecule has 3 rings (SSSR count). The monoisotopic (exact) mass is 428 g/mol. The van der Waals surface area contributed by atoms with E-state index in [9.17, 15) is 25.9 Å². The first kappa shape index (κ1) is 20.1. The maximum atomic E-state index is 14.3. The molecule has 1 heterocycles. The van der Waals surface area contributed by atoms with Gasteiger partial charge in [0.15, 0.2) is 0 Å². The Bertz CT molecular complexity index is 1140. The fourth-order valence-corrected chi connectivity index (χ4v) is 2.56. The van der Waals surface area contributed by atoms with Crippen molar-refractivity contribution in [2.45, 2.75) is 6.61 Å². The predicted molar refractivity (Wildman–Crippen MR) is 91.2 cm³/mol. The number of carbonyl (C=O) groups is 1. The number of amides is 1. The molecule has 0 unspecified atom stereocenters. The minimum atomic E-state index is -5.16.